The molecule has 1 N–H and O–H groups in total. The minimum Gasteiger partial charge on any atom is -0.378 e. The van der Waals surface area contributed by atoms with E-state index in [1.54, 1.807) is 12.1 Å². The highest BCUT2D eigenvalue weighted by atomic mass is 35.5. The molecule has 1 atom stereocenters. The molecule has 1 aromatic rings. The van der Waals surface area contributed by atoms with Gasteiger partial charge >= 0.3 is 0 Å². The lowest BCUT2D eigenvalue weighted by atomic mass is 10.1. The number of nitrogens with one attached hydrogen (secondary N) is 1. The van der Waals surface area contributed by atoms with Gasteiger partial charge in [-0.25, -0.2) is 4.39 Å². The Morgan fingerprint density at radius 1 is 1.39 bits per heavy atom. The molecule has 0 radical (unpaired) electrons. The fraction of sp³-hybridized carbons (Fsp3) is 0.588. The number of hydrogen-bond acceptors (Lipinski definition) is 3. The topological polar surface area (TPSA) is 41.6 Å². The molecule has 1 aliphatic heterocycles. The molecule has 1 heterocycles. The van der Waals surface area contributed by atoms with Gasteiger partial charge in [-0.1, -0.05) is 12.1 Å². The van der Waals surface area contributed by atoms with Gasteiger partial charge in [-0.2, -0.15) is 0 Å². The summed E-state index contributed by atoms with van der Waals surface area (Å²) in [4.78, 5) is 14.5. The molecule has 128 valence electrons. The lowest BCUT2D eigenvalue weighted by Gasteiger charge is -2.28. The number of hydrogen-bond donors (Lipinski definition) is 1. The van der Waals surface area contributed by atoms with Crippen molar-refractivity contribution >= 4 is 18.3 Å². The van der Waals surface area contributed by atoms with E-state index in [1.165, 1.54) is 6.07 Å². The molecule has 6 heteroatoms. The molecule has 0 bridgehead atoms. The van der Waals surface area contributed by atoms with Crippen LogP contribution in [0.15, 0.2) is 24.3 Å². The Balaban J connectivity index is 0.00000192. The number of halogens is 2. The van der Waals surface area contributed by atoms with Gasteiger partial charge in [-0.3, -0.25) is 4.79 Å². The maximum Gasteiger partial charge on any atom is 0.224 e. The fourth-order valence-electron chi connectivity index (χ4n) is 2.92. The second-order valence-electron chi connectivity index (χ2n) is 6.13. The molecule has 1 saturated carbocycles. The fourth-order valence-corrected chi connectivity index (χ4v) is 2.92. The van der Waals surface area contributed by atoms with Crippen molar-refractivity contribution in [2.45, 2.75) is 37.8 Å². The van der Waals surface area contributed by atoms with Gasteiger partial charge in [0.2, 0.25) is 5.91 Å². The molecule has 1 saturated heterocycles. The van der Waals surface area contributed by atoms with E-state index in [1.807, 2.05) is 11.0 Å². The molecule has 1 aromatic carbocycles. The highest BCUT2D eigenvalue weighted by Gasteiger charge is 2.33. The van der Waals surface area contributed by atoms with Gasteiger partial charge in [0.1, 0.15) is 5.82 Å². The number of amides is 1. The lowest BCUT2D eigenvalue weighted by molar-refractivity contribution is -0.133. The molecule has 2 fully saturated rings. The average Bonchev–Trinajstić information content (AvgIpc) is 3.33. The van der Waals surface area contributed by atoms with E-state index in [9.17, 15) is 9.18 Å². The average molecular weight is 343 g/mol. The van der Waals surface area contributed by atoms with Crippen LogP contribution in [0.1, 0.15) is 24.8 Å². The number of rotatable bonds is 6. The van der Waals surface area contributed by atoms with Gasteiger partial charge in [0.15, 0.2) is 0 Å². The van der Waals surface area contributed by atoms with Gasteiger partial charge in [0.05, 0.1) is 13.2 Å². The summed E-state index contributed by atoms with van der Waals surface area (Å²) < 4.78 is 18.6. The van der Waals surface area contributed by atoms with Gasteiger partial charge < -0.3 is 15.0 Å². The molecule has 1 unspecified atom stereocenters. The molecule has 3 rings (SSSR count). The van der Waals surface area contributed by atoms with E-state index in [0.29, 0.717) is 32.0 Å². The van der Waals surface area contributed by atoms with Crippen LogP contribution >= 0.6 is 12.4 Å². The van der Waals surface area contributed by atoms with Crippen molar-refractivity contribution in [2.75, 3.05) is 26.3 Å². The lowest BCUT2D eigenvalue weighted by Crippen LogP contribution is -2.46. The Labute approximate surface area is 142 Å². The number of morpholine rings is 1. The molecule has 2 aliphatic rings. The Hall–Kier alpha value is -1.17. The van der Waals surface area contributed by atoms with Crippen LogP contribution < -0.4 is 5.32 Å². The normalized spacial score (nSPS) is 20.7. The first-order chi connectivity index (χ1) is 10.7. The van der Waals surface area contributed by atoms with Crippen molar-refractivity contribution in [3.05, 3.63) is 35.6 Å². The van der Waals surface area contributed by atoms with Gasteiger partial charge in [0.25, 0.3) is 0 Å². The van der Waals surface area contributed by atoms with Crippen molar-refractivity contribution in [3.63, 3.8) is 0 Å². The van der Waals surface area contributed by atoms with Gasteiger partial charge in [-0.15, -0.1) is 12.4 Å². The first-order valence-corrected chi connectivity index (χ1v) is 8.07. The van der Waals surface area contributed by atoms with E-state index in [-0.39, 0.29) is 30.2 Å². The summed E-state index contributed by atoms with van der Waals surface area (Å²) in [6, 6.07) is 7.13. The summed E-state index contributed by atoms with van der Waals surface area (Å²) in [6.07, 6.45) is 3.36. The zero-order valence-electron chi connectivity index (χ0n) is 13.2. The molecule has 1 amide bonds. The second-order valence-corrected chi connectivity index (χ2v) is 6.13. The predicted molar refractivity (Wildman–Crippen MR) is 89.3 cm³/mol. The molecular formula is C17H24ClFN2O2. The molecule has 1 aliphatic carbocycles. The zero-order chi connectivity index (χ0) is 15.4. The van der Waals surface area contributed by atoms with Crippen molar-refractivity contribution in [1.29, 1.82) is 0 Å². The number of ether oxygens (including phenoxy) is 1. The first-order valence-electron chi connectivity index (χ1n) is 8.07. The van der Waals surface area contributed by atoms with Crippen LogP contribution in [-0.2, 0) is 16.0 Å². The number of carbonyl (C=O) groups is 1. The van der Waals surface area contributed by atoms with Crippen molar-refractivity contribution in [3.8, 4) is 0 Å². The summed E-state index contributed by atoms with van der Waals surface area (Å²) in [5, 5.41) is 3.32. The van der Waals surface area contributed by atoms with E-state index in [4.69, 9.17) is 4.74 Å². The maximum atomic E-state index is 13.2. The maximum absolute atomic E-state index is 13.2. The van der Waals surface area contributed by atoms with Crippen LogP contribution in [0.5, 0.6) is 0 Å². The van der Waals surface area contributed by atoms with E-state index in [2.05, 4.69) is 5.32 Å². The largest absolute Gasteiger partial charge is 0.378 e. The zero-order valence-corrected chi connectivity index (χ0v) is 14.0. The van der Waals surface area contributed by atoms with Crippen LogP contribution in [0, 0.1) is 5.82 Å². The van der Waals surface area contributed by atoms with Crippen molar-refractivity contribution in [2.24, 2.45) is 0 Å². The number of benzene rings is 1. The minimum atomic E-state index is -0.217. The molecule has 23 heavy (non-hydrogen) atoms. The molecule has 0 aromatic heterocycles. The van der Waals surface area contributed by atoms with Crippen LogP contribution in [-0.4, -0.2) is 49.2 Å². The highest BCUT2D eigenvalue weighted by Crippen LogP contribution is 2.28. The molecule has 4 nitrogen and oxygen atoms in total. The van der Waals surface area contributed by atoms with Crippen LogP contribution in [0.25, 0.3) is 0 Å². The van der Waals surface area contributed by atoms with Gasteiger partial charge in [-0.05, 0) is 37.0 Å². The summed E-state index contributed by atoms with van der Waals surface area (Å²) in [5.74, 6) is -0.0349. The Morgan fingerprint density at radius 2 is 2.22 bits per heavy atom. The van der Waals surface area contributed by atoms with E-state index < -0.39 is 0 Å². The predicted octanol–water partition coefficient (Wildman–Crippen LogP) is 2.16. The highest BCUT2D eigenvalue weighted by molar-refractivity contribution is 5.85. The van der Waals surface area contributed by atoms with Crippen molar-refractivity contribution in [1.82, 2.24) is 10.2 Å². The smallest absolute Gasteiger partial charge is 0.224 e. The number of carbonyl (C=O) groups excluding carboxylic acids is 1. The SMILES string of the molecule is Cl.O=C(CC1COCCN1)N(CCc1cccc(F)c1)C1CC1. The monoisotopic (exact) mass is 342 g/mol. The van der Waals surface area contributed by atoms with Crippen LogP contribution in [0.4, 0.5) is 4.39 Å². The summed E-state index contributed by atoms with van der Waals surface area (Å²) in [5.41, 5.74) is 0.942. The Bertz CT molecular complexity index is 519. The first kappa shape index (κ1) is 18.2. The second kappa shape index (κ2) is 8.62. The summed E-state index contributed by atoms with van der Waals surface area (Å²) >= 11 is 0. The van der Waals surface area contributed by atoms with Crippen LogP contribution in [0.2, 0.25) is 0 Å². The Morgan fingerprint density at radius 3 is 2.87 bits per heavy atom. The third-order valence-electron chi connectivity index (χ3n) is 4.26. The van der Waals surface area contributed by atoms with Crippen molar-refractivity contribution < 1.29 is 13.9 Å². The molecular weight excluding hydrogens is 319 g/mol. The Kier molecular flexibility index (Phi) is 6.81. The third-order valence-corrected chi connectivity index (χ3v) is 4.26. The minimum absolute atomic E-state index is 0. The van der Waals surface area contributed by atoms with Gasteiger partial charge in [0, 0.05) is 31.6 Å². The van der Waals surface area contributed by atoms with E-state index in [0.717, 1.165) is 31.6 Å². The summed E-state index contributed by atoms with van der Waals surface area (Å²) in [6.45, 7) is 2.80. The van der Waals surface area contributed by atoms with E-state index >= 15 is 0 Å². The standard InChI is InChI=1S/C17H23FN2O2.ClH/c18-14-3-1-2-13(10-14)6-8-20(16-4-5-16)17(21)11-15-12-22-9-7-19-15;/h1-3,10,15-16,19H,4-9,11-12H2;1H. The molecule has 0 spiro atoms. The number of nitrogens with zero attached hydrogens (tertiary/aromatic N) is 1. The quantitative estimate of drug-likeness (QED) is 0.861. The third kappa shape index (κ3) is 5.44. The summed E-state index contributed by atoms with van der Waals surface area (Å²) in [7, 11) is 0. The van der Waals surface area contributed by atoms with Crippen LogP contribution in [0.3, 0.4) is 0 Å².